The van der Waals surface area contributed by atoms with Gasteiger partial charge in [-0.3, -0.25) is 0 Å². The molecule has 1 atom stereocenters. The van der Waals surface area contributed by atoms with E-state index in [9.17, 15) is 0 Å². The predicted molar refractivity (Wildman–Crippen MR) is 233 cm³/mol. The number of furan rings is 2. The van der Waals surface area contributed by atoms with Gasteiger partial charge in [0.1, 0.15) is 34.3 Å². The molecule has 0 fully saturated rings. The highest BCUT2D eigenvalue weighted by atomic mass is 16.3. The van der Waals surface area contributed by atoms with Crippen LogP contribution >= 0.6 is 0 Å². The molecular formula is C51H32N4O2. The summed E-state index contributed by atoms with van der Waals surface area (Å²) in [6, 6.07) is 63.2. The number of benzene rings is 8. The molecule has 11 aromatic rings. The Morgan fingerprint density at radius 2 is 1.16 bits per heavy atom. The van der Waals surface area contributed by atoms with Crippen molar-refractivity contribution in [3.05, 3.63) is 199 Å². The number of fused-ring (bicyclic) bond motifs is 9. The Labute approximate surface area is 326 Å². The Hall–Kier alpha value is -7.70. The van der Waals surface area contributed by atoms with E-state index in [1.165, 1.54) is 16.3 Å². The molecule has 0 saturated heterocycles. The Bertz CT molecular complexity index is 3440. The molecule has 0 spiro atoms. The summed E-state index contributed by atoms with van der Waals surface area (Å²) in [6.45, 7) is 0. The van der Waals surface area contributed by atoms with Gasteiger partial charge in [-0.05, 0) is 54.1 Å². The summed E-state index contributed by atoms with van der Waals surface area (Å²) >= 11 is 0. The van der Waals surface area contributed by atoms with Gasteiger partial charge in [-0.15, -0.1) is 0 Å². The van der Waals surface area contributed by atoms with Crippen molar-refractivity contribution in [2.24, 2.45) is 9.98 Å². The van der Waals surface area contributed by atoms with Crippen molar-refractivity contribution in [3.63, 3.8) is 0 Å². The van der Waals surface area contributed by atoms with E-state index in [0.717, 1.165) is 88.7 Å². The molecule has 12 rings (SSSR count). The Morgan fingerprint density at radius 1 is 0.491 bits per heavy atom. The van der Waals surface area contributed by atoms with Crippen LogP contribution in [-0.4, -0.2) is 16.2 Å². The fourth-order valence-electron chi connectivity index (χ4n) is 8.72. The molecule has 0 amide bonds. The minimum absolute atomic E-state index is 0.345. The molecule has 1 aliphatic heterocycles. The molecule has 57 heavy (non-hydrogen) atoms. The van der Waals surface area contributed by atoms with Crippen molar-refractivity contribution in [2.75, 3.05) is 0 Å². The summed E-state index contributed by atoms with van der Waals surface area (Å²) < 4.78 is 15.4. The molecule has 6 nitrogen and oxygen atoms in total. The average molecular weight is 733 g/mol. The lowest BCUT2D eigenvalue weighted by Gasteiger charge is -2.24. The smallest absolute Gasteiger partial charge is 0.160 e. The fourth-order valence-corrected chi connectivity index (χ4v) is 8.72. The fraction of sp³-hybridized carbons (Fsp3) is 0.0196. The van der Waals surface area contributed by atoms with Crippen LogP contribution in [0.15, 0.2) is 201 Å². The van der Waals surface area contributed by atoms with Crippen LogP contribution in [0.4, 0.5) is 0 Å². The molecule has 0 radical (unpaired) electrons. The first kappa shape index (κ1) is 31.6. The predicted octanol–water partition coefficient (Wildman–Crippen LogP) is 12.7. The molecule has 0 saturated carbocycles. The van der Waals surface area contributed by atoms with E-state index in [0.29, 0.717) is 5.84 Å². The second-order valence-corrected chi connectivity index (χ2v) is 14.5. The van der Waals surface area contributed by atoms with Gasteiger partial charge in [0.15, 0.2) is 5.84 Å². The van der Waals surface area contributed by atoms with Crippen LogP contribution in [0.5, 0.6) is 0 Å². The van der Waals surface area contributed by atoms with Crippen molar-refractivity contribution in [1.29, 1.82) is 0 Å². The Kier molecular flexibility index (Phi) is 6.89. The highest BCUT2D eigenvalue weighted by Gasteiger charge is 2.25. The number of aliphatic imine (C=N–C) groups is 2. The van der Waals surface area contributed by atoms with Crippen molar-refractivity contribution >= 4 is 77.4 Å². The van der Waals surface area contributed by atoms with E-state index in [4.69, 9.17) is 18.8 Å². The second kappa shape index (κ2) is 12.4. The molecule has 1 unspecified atom stereocenters. The molecule has 1 aliphatic rings. The molecule has 268 valence electrons. The minimum atomic E-state index is -0.345. The number of nitrogens with zero attached hydrogens (tertiary/aromatic N) is 3. The van der Waals surface area contributed by atoms with Gasteiger partial charge in [0, 0.05) is 60.3 Å². The van der Waals surface area contributed by atoms with Gasteiger partial charge in [0.2, 0.25) is 0 Å². The van der Waals surface area contributed by atoms with Gasteiger partial charge in [-0.1, -0.05) is 133 Å². The number of amidine groups is 2. The maximum atomic E-state index is 6.81. The molecule has 3 aromatic heterocycles. The van der Waals surface area contributed by atoms with Crippen LogP contribution in [0.1, 0.15) is 22.9 Å². The first-order valence-corrected chi connectivity index (χ1v) is 19.2. The van der Waals surface area contributed by atoms with E-state index < -0.39 is 0 Å². The minimum Gasteiger partial charge on any atom is -0.456 e. The summed E-state index contributed by atoms with van der Waals surface area (Å²) in [6.07, 6.45) is -0.345. The second-order valence-electron chi connectivity index (χ2n) is 14.5. The largest absolute Gasteiger partial charge is 0.456 e. The Morgan fingerprint density at radius 3 is 2.04 bits per heavy atom. The summed E-state index contributed by atoms with van der Waals surface area (Å²) in [4.78, 5) is 10.5. The highest BCUT2D eigenvalue weighted by Crippen LogP contribution is 2.42. The lowest BCUT2D eigenvalue weighted by molar-refractivity contribution is 0.668. The SMILES string of the molecule is c1ccc(C2N=C(c3cccc4oc5ccccc5c34)N=C(c3ccc4oc5c(-c6cccc7c8ccccc8n(-c8ccccc8)c67)cccc5c4c3)N2)cc1. The van der Waals surface area contributed by atoms with Crippen LogP contribution in [0.2, 0.25) is 0 Å². The number of aromatic nitrogens is 1. The lowest BCUT2D eigenvalue weighted by Crippen LogP contribution is -2.33. The molecular weight excluding hydrogens is 701 g/mol. The summed E-state index contributed by atoms with van der Waals surface area (Å²) in [5.41, 5.74) is 11.8. The van der Waals surface area contributed by atoms with Crippen LogP contribution in [0, 0.1) is 0 Å². The molecule has 0 aliphatic carbocycles. The van der Waals surface area contributed by atoms with Gasteiger partial charge < -0.3 is 18.7 Å². The average Bonchev–Trinajstić information content (AvgIpc) is 3.96. The number of hydrogen-bond donors (Lipinski definition) is 1. The van der Waals surface area contributed by atoms with Crippen LogP contribution in [0.3, 0.4) is 0 Å². The first-order valence-electron chi connectivity index (χ1n) is 19.2. The van der Waals surface area contributed by atoms with Crippen molar-refractivity contribution in [3.8, 4) is 16.8 Å². The summed E-state index contributed by atoms with van der Waals surface area (Å²) in [5, 5.41) is 10.2. The highest BCUT2D eigenvalue weighted by molar-refractivity contribution is 6.23. The van der Waals surface area contributed by atoms with Crippen molar-refractivity contribution in [2.45, 2.75) is 6.17 Å². The van der Waals surface area contributed by atoms with Crippen LogP contribution < -0.4 is 5.32 Å². The van der Waals surface area contributed by atoms with E-state index in [1.807, 2.05) is 48.5 Å². The van der Waals surface area contributed by atoms with E-state index >= 15 is 0 Å². The molecule has 8 aromatic carbocycles. The van der Waals surface area contributed by atoms with E-state index in [2.05, 4.69) is 143 Å². The van der Waals surface area contributed by atoms with Gasteiger partial charge in [-0.25, -0.2) is 9.98 Å². The normalized spacial score (nSPS) is 14.5. The van der Waals surface area contributed by atoms with Gasteiger partial charge in [0.05, 0.1) is 11.0 Å². The maximum absolute atomic E-state index is 6.81. The number of para-hydroxylation sites is 5. The summed E-state index contributed by atoms with van der Waals surface area (Å²) in [7, 11) is 0. The van der Waals surface area contributed by atoms with Crippen molar-refractivity contribution < 1.29 is 8.83 Å². The third kappa shape index (κ3) is 4.90. The zero-order valence-electron chi connectivity index (χ0n) is 30.6. The zero-order chi connectivity index (χ0) is 37.5. The number of hydrogen-bond acceptors (Lipinski definition) is 5. The maximum Gasteiger partial charge on any atom is 0.160 e. The zero-order valence-corrected chi connectivity index (χ0v) is 30.6. The van der Waals surface area contributed by atoms with Gasteiger partial charge in [0.25, 0.3) is 0 Å². The standard InChI is InChI=1S/C51H32N4O2/c1-3-14-31(15-4-1)49-52-50(54-51(53-49)40-24-13-27-45-46(40)39-19-8-10-26-43(39)56-45)32-28-29-44-41(30-32)38-23-12-22-37(48(38)57-44)36-21-11-20-35-34-18-7-9-25-42(34)55(47(35)36)33-16-5-2-6-17-33/h1-30,49H,(H,52,53,54). The van der Waals surface area contributed by atoms with E-state index in [1.54, 1.807) is 0 Å². The molecule has 4 heterocycles. The lowest BCUT2D eigenvalue weighted by atomic mass is 9.99. The number of nitrogens with one attached hydrogen (secondary N) is 1. The summed E-state index contributed by atoms with van der Waals surface area (Å²) in [5.74, 6) is 1.39. The van der Waals surface area contributed by atoms with Gasteiger partial charge >= 0.3 is 0 Å². The Balaban J connectivity index is 1.04. The van der Waals surface area contributed by atoms with Crippen LogP contribution in [-0.2, 0) is 0 Å². The monoisotopic (exact) mass is 732 g/mol. The quantitative estimate of drug-likeness (QED) is 0.192. The molecule has 0 bridgehead atoms. The number of rotatable bonds is 5. The molecule has 6 heteroatoms. The third-order valence-electron chi connectivity index (χ3n) is 11.3. The van der Waals surface area contributed by atoms with Gasteiger partial charge in [-0.2, -0.15) is 0 Å². The molecule has 1 N–H and O–H groups in total. The van der Waals surface area contributed by atoms with E-state index in [-0.39, 0.29) is 6.17 Å². The third-order valence-corrected chi connectivity index (χ3v) is 11.3. The first-order chi connectivity index (χ1) is 28.3. The van der Waals surface area contributed by atoms with Crippen molar-refractivity contribution in [1.82, 2.24) is 9.88 Å². The van der Waals surface area contributed by atoms with Crippen LogP contribution in [0.25, 0.3) is 82.5 Å². The topological polar surface area (TPSA) is 68.0 Å².